The average Bonchev–Trinajstić information content (AvgIpc) is 2.94. The number of rotatable bonds is 5. The Labute approximate surface area is 115 Å². The molecule has 1 aliphatic heterocycles. The van der Waals surface area contributed by atoms with Crippen LogP contribution in [0.3, 0.4) is 0 Å². The van der Waals surface area contributed by atoms with Gasteiger partial charge in [-0.05, 0) is 37.0 Å². The summed E-state index contributed by atoms with van der Waals surface area (Å²) in [7, 11) is 0. The normalized spacial score (nSPS) is 20.5. The Bertz CT molecular complexity index is 407. The van der Waals surface area contributed by atoms with Crippen molar-refractivity contribution in [3.8, 4) is 0 Å². The lowest BCUT2D eigenvalue weighted by Gasteiger charge is -2.27. The summed E-state index contributed by atoms with van der Waals surface area (Å²) >= 11 is 0. The highest BCUT2D eigenvalue weighted by Crippen LogP contribution is 2.32. The number of carbonyl (C=O) groups is 1. The van der Waals surface area contributed by atoms with Gasteiger partial charge in [0.1, 0.15) is 0 Å². The summed E-state index contributed by atoms with van der Waals surface area (Å²) in [6.45, 7) is 2.94. The number of nitrogens with two attached hydrogens (primary N) is 1. The number of amides is 1. The molecule has 0 radical (unpaired) electrons. The molecule has 2 heterocycles. The molecule has 1 aliphatic rings. The van der Waals surface area contributed by atoms with Crippen molar-refractivity contribution in [2.45, 2.75) is 51.1 Å². The molecule has 4 nitrogen and oxygen atoms in total. The van der Waals surface area contributed by atoms with Crippen molar-refractivity contribution in [3.05, 3.63) is 30.1 Å². The van der Waals surface area contributed by atoms with Crippen molar-refractivity contribution in [2.75, 3.05) is 6.54 Å². The zero-order valence-corrected chi connectivity index (χ0v) is 11.6. The van der Waals surface area contributed by atoms with Crippen LogP contribution in [0.1, 0.15) is 50.6 Å². The first-order chi connectivity index (χ1) is 9.24. The van der Waals surface area contributed by atoms with Crippen LogP contribution >= 0.6 is 0 Å². The average molecular weight is 261 g/mol. The van der Waals surface area contributed by atoms with Crippen molar-refractivity contribution in [3.63, 3.8) is 0 Å². The summed E-state index contributed by atoms with van der Waals surface area (Å²) in [5.74, 6) is 0.104. The topological polar surface area (TPSA) is 59.2 Å². The predicted octanol–water partition coefficient (Wildman–Crippen LogP) is 2.26. The van der Waals surface area contributed by atoms with Crippen LogP contribution in [0.2, 0.25) is 0 Å². The second-order valence-electron chi connectivity index (χ2n) is 5.22. The molecule has 2 atom stereocenters. The van der Waals surface area contributed by atoms with Gasteiger partial charge < -0.3 is 10.6 Å². The van der Waals surface area contributed by atoms with Crippen molar-refractivity contribution in [1.29, 1.82) is 0 Å². The fourth-order valence-electron chi connectivity index (χ4n) is 2.72. The molecular weight excluding hydrogens is 238 g/mol. The second-order valence-corrected chi connectivity index (χ2v) is 5.22. The first-order valence-electron chi connectivity index (χ1n) is 7.20. The van der Waals surface area contributed by atoms with E-state index < -0.39 is 0 Å². The van der Waals surface area contributed by atoms with Crippen molar-refractivity contribution < 1.29 is 4.79 Å². The minimum Gasteiger partial charge on any atom is -0.334 e. The molecular formula is C15H23N3O. The Hall–Kier alpha value is -1.42. The summed E-state index contributed by atoms with van der Waals surface area (Å²) in [6, 6.07) is 3.83. The fraction of sp³-hybridized carbons (Fsp3) is 0.600. The number of carbonyl (C=O) groups excluding carboxylic acids is 1. The molecule has 0 saturated carbocycles. The third-order valence-electron chi connectivity index (χ3n) is 3.81. The molecule has 1 aromatic heterocycles. The number of aromatic nitrogens is 1. The van der Waals surface area contributed by atoms with E-state index in [1.54, 1.807) is 12.4 Å². The highest BCUT2D eigenvalue weighted by Gasteiger charge is 2.32. The van der Waals surface area contributed by atoms with Crippen LogP contribution in [0.5, 0.6) is 0 Å². The SMILES string of the molecule is CCCC[C@H](N)C(=O)N1CCCC1c1ccncc1. The van der Waals surface area contributed by atoms with E-state index in [0.29, 0.717) is 0 Å². The van der Waals surface area contributed by atoms with Gasteiger partial charge in [0.25, 0.3) is 0 Å². The molecule has 104 valence electrons. The predicted molar refractivity (Wildman–Crippen MR) is 75.4 cm³/mol. The molecule has 2 N–H and O–H groups in total. The smallest absolute Gasteiger partial charge is 0.239 e. The maximum Gasteiger partial charge on any atom is 0.239 e. The Morgan fingerprint density at radius 1 is 1.53 bits per heavy atom. The van der Waals surface area contributed by atoms with E-state index in [-0.39, 0.29) is 18.0 Å². The van der Waals surface area contributed by atoms with E-state index in [1.165, 1.54) is 5.56 Å². The lowest BCUT2D eigenvalue weighted by atomic mass is 10.0. The molecule has 1 unspecified atom stereocenters. The maximum atomic E-state index is 12.4. The molecule has 1 saturated heterocycles. The quantitative estimate of drug-likeness (QED) is 0.884. The second kappa shape index (κ2) is 6.66. The molecule has 0 spiro atoms. The van der Waals surface area contributed by atoms with Crippen molar-refractivity contribution in [2.24, 2.45) is 5.73 Å². The lowest BCUT2D eigenvalue weighted by Crippen LogP contribution is -2.43. The largest absolute Gasteiger partial charge is 0.334 e. The Balaban J connectivity index is 2.04. The highest BCUT2D eigenvalue weighted by molar-refractivity contribution is 5.82. The number of nitrogens with zero attached hydrogens (tertiary/aromatic N) is 2. The summed E-state index contributed by atoms with van der Waals surface area (Å²) < 4.78 is 0. The van der Waals surface area contributed by atoms with Crippen LogP contribution in [0.25, 0.3) is 0 Å². The zero-order valence-electron chi connectivity index (χ0n) is 11.6. The van der Waals surface area contributed by atoms with E-state index in [4.69, 9.17) is 5.73 Å². The van der Waals surface area contributed by atoms with Gasteiger partial charge in [-0.3, -0.25) is 9.78 Å². The minimum atomic E-state index is -0.345. The van der Waals surface area contributed by atoms with Gasteiger partial charge >= 0.3 is 0 Å². The Morgan fingerprint density at radius 3 is 2.95 bits per heavy atom. The Kier molecular flexibility index (Phi) is 4.91. The monoisotopic (exact) mass is 261 g/mol. The summed E-state index contributed by atoms with van der Waals surface area (Å²) in [5.41, 5.74) is 7.19. The van der Waals surface area contributed by atoms with E-state index >= 15 is 0 Å². The standard InChI is InChI=1S/C15H23N3O/c1-2-3-5-13(16)15(19)18-11-4-6-14(18)12-7-9-17-10-8-12/h7-10,13-14H,2-6,11,16H2,1H3/t13-,14?/m0/s1. The summed E-state index contributed by atoms with van der Waals surface area (Å²) in [4.78, 5) is 18.4. The first kappa shape index (κ1) is 14.0. The fourth-order valence-corrected chi connectivity index (χ4v) is 2.72. The van der Waals surface area contributed by atoms with Gasteiger partial charge in [-0.25, -0.2) is 0 Å². The molecule has 1 aromatic rings. The summed E-state index contributed by atoms with van der Waals surface area (Å²) in [5, 5.41) is 0. The van der Waals surface area contributed by atoms with E-state index in [0.717, 1.165) is 38.6 Å². The number of hydrogen-bond donors (Lipinski definition) is 1. The van der Waals surface area contributed by atoms with Gasteiger partial charge in [-0.1, -0.05) is 19.8 Å². The molecule has 1 amide bonds. The Morgan fingerprint density at radius 2 is 2.26 bits per heavy atom. The molecule has 0 bridgehead atoms. The van der Waals surface area contributed by atoms with Crippen LogP contribution < -0.4 is 5.73 Å². The molecule has 1 fully saturated rings. The van der Waals surface area contributed by atoms with E-state index in [9.17, 15) is 4.79 Å². The van der Waals surface area contributed by atoms with Crippen LogP contribution in [0.15, 0.2) is 24.5 Å². The van der Waals surface area contributed by atoms with E-state index in [1.807, 2.05) is 17.0 Å². The van der Waals surface area contributed by atoms with Gasteiger partial charge in [-0.2, -0.15) is 0 Å². The lowest BCUT2D eigenvalue weighted by molar-refractivity contribution is -0.133. The van der Waals surface area contributed by atoms with E-state index in [2.05, 4.69) is 11.9 Å². The van der Waals surface area contributed by atoms with Crippen molar-refractivity contribution in [1.82, 2.24) is 9.88 Å². The molecule has 2 rings (SSSR count). The van der Waals surface area contributed by atoms with Gasteiger partial charge in [0.05, 0.1) is 12.1 Å². The van der Waals surface area contributed by atoms with Gasteiger partial charge in [0, 0.05) is 18.9 Å². The molecule has 4 heteroatoms. The van der Waals surface area contributed by atoms with Gasteiger partial charge in [-0.15, -0.1) is 0 Å². The van der Waals surface area contributed by atoms with Crippen molar-refractivity contribution >= 4 is 5.91 Å². The highest BCUT2D eigenvalue weighted by atomic mass is 16.2. The minimum absolute atomic E-state index is 0.104. The first-order valence-corrected chi connectivity index (χ1v) is 7.20. The van der Waals surface area contributed by atoms with Crippen LogP contribution in [0, 0.1) is 0 Å². The molecule has 0 aliphatic carbocycles. The van der Waals surface area contributed by atoms with Gasteiger partial charge in [0.15, 0.2) is 0 Å². The summed E-state index contributed by atoms with van der Waals surface area (Å²) in [6.07, 6.45) is 8.53. The zero-order chi connectivity index (χ0) is 13.7. The number of unbranched alkanes of at least 4 members (excludes halogenated alkanes) is 1. The maximum absolute atomic E-state index is 12.4. The number of hydrogen-bond acceptors (Lipinski definition) is 3. The third-order valence-corrected chi connectivity index (χ3v) is 3.81. The van der Waals surface area contributed by atoms with Crippen LogP contribution in [-0.2, 0) is 4.79 Å². The number of pyridine rings is 1. The molecule has 0 aromatic carbocycles. The molecule has 19 heavy (non-hydrogen) atoms. The van der Waals surface area contributed by atoms with Gasteiger partial charge in [0.2, 0.25) is 5.91 Å². The third kappa shape index (κ3) is 3.32. The number of likely N-dealkylation sites (tertiary alicyclic amines) is 1. The van der Waals surface area contributed by atoms with Crippen LogP contribution in [-0.4, -0.2) is 28.4 Å². The van der Waals surface area contributed by atoms with Crippen LogP contribution in [0.4, 0.5) is 0 Å².